The number of aliphatic imine (C=N–C) groups is 1. The van der Waals surface area contributed by atoms with Gasteiger partial charge in [0, 0.05) is 59.5 Å². The highest BCUT2D eigenvalue weighted by Gasteiger charge is 2.41. The number of nitrogens with zero attached hydrogens (tertiary/aromatic N) is 4. The van der Waals surface area contributed by atoms with Gasteiger partial charge in [-0.15, -0.1) is 0 Å². The summed E-state index contributed by atoms with van der Waals surface area (Å²) in [6.07, 6.45) is 5.29. The molecular weight excluding hydrogens is 484 g/mol. The van der Waals surface area contributed by atoms with E-state index in [2.05, 4.69) is 51.5 Å². The number of aliphatic hydroxyl groups is 1. The van der Waals surface area contributed by atoms with Crippen LogP contribution in [0.5, 0.6) is 0 Å². The summed E-state index contributed by atoms with van der Waals surface area (Å²) < 4.78 is 2.20. The Morgan fingerprint density at radius 2 is 1.81 bits per heavy atom. The lowest BCUT2D eigenvalue weighted by atomic mass is 9.98. The molecule has 2 fully saturated rings. The van der Waals surface area contributed by atoms with Gasteiger partial charge in [0.15, 0.2) is 5.78 Å². The number of carbonyl (C=O) groups excluding carboxylic acids is 1. The second-order valence-electron chi connectivity index (χ2n) is 10.9. The van der Waals surface area contributed by atoms with Crippen molar-refractivity contribution in [3.63, 3.8) is 0 Å². The van der Waals surface area contributed by atoms with Crippen molar-refractivity contribution < 1.29 is 9.90 Å². The second-order valence-corrected chi connectivity index (χ2v) is 11.4. The number of Topliss-reactive ketones (excluding diaryl/α,β-unsaturated/α-hetero) is 1. The Morgan fingerprint density at radius 3 is 2.49 bits per heavy atom. The number of hydrogen-bond donors (Lipinski definition) is 1. The minimum absolute atomic E-state index is 0.165. The van der Waals surface area contributed by atoms with E-state index in [1.165, 1.54) is 11.4 Å². The number of carbonyl (C=O) groups is 1. The number of likely N-dealkylation sites (N-methyl/N-ethyl adjacent to an activating group) is 1. The maximum Gasteiger partial charge on any atom is 0.179 e. The van der Waals surface area contributed by atoms with Gasteiger partial charge in [0.1, 0.15) is 0 Å². The molecule has 1 N–H and O–H groups in total. The number of ketones is 1. The Kier molecular flexibility index (Phi) is 6.59. The smallest absolute Gasteiger partial charge is 0.179 e. The topological polar surface area (TPSA) is 61.1 Å². The van der Waals surface area contributed by atoms with Crippen LogP contribution >= 0.6 is 11.6 Å². The minimum Gasteiger partial charge on any atom is -0.393 e. The van der Waals surface area contributed by atoms with Gasteiger partial charge in [-0.05, 0) is 74.9 Å². The summed E-state index contributed by atoms with van der Waals surface area (Å²) >= 11 is 6.20. The van der Waals surface area contributed by atoms with Crippen molar-refractivity contribution in [2.75, 3.05) is 26.7 Å². The number of piperidine rings is 1. The molecule has 2 bridgehead atoms. The Hall–Kier alpha value is -2.67. The standard InChI is InChI=1S/C30H35ClN4O2/c1-19-30(28(37)18-34-23-9-10-24(34)17-25(36)16-23)26-11-3-20(4-12-29-32-13-14-33(29)2)15-27(26)35(19)22-7-5-21(31)6-8-22/h3,5-8,11,15,23-25,36H,4,9-10,12-14,16-18H2,1-2H3. The van der Waals surface area contributed by atoms with Crippen LogP contribution in [-0.4, -0.2) is 76.0 Å². The molecule has 1 aromatic heterocycles. The predicted molar refractivity (Wildman–Crippen MR) is 149 cm³/mol. The summed E-state index contributed by atoms with van der Waals surface area (Å²) in [5.74, 6) is 1.33. The zero-order valence-corrected chi connectivity index (χ0v) is 22.4. The number of hydrogen-bond acceptors (Lipinski definition) is 5. The molecule has 37 heavy (non-hydrogen) atoms. The molecule has 3 aliphatic rings. The molecule has 0 amide bonds. The minimum atomic E-state index is -0.231. The Labute approximate surface area is 223 Å². The first-order valence-corrected chi connectivity index (χ1v) is 13.9. The fourth-order valence-electron chi connectivity index (χ4n) is 6.74. The third-order valence-corrected chi connectivity index (χ3v) is 8.88. The summed E-state index contributed by atoms with van der Waals surface area (Å²) in [6.45, 7) is 4.34. The summed E-state index contributed by atoms with van der Waals surface area (Å²) in [4.78, 5) is 23.1. The zero-order chi connectivity index (χ0) is 25.7. The van der Waals surface area contributed by atoms with Crippen LogP contribution in [0.3, 0.4) is 0 Å². The van der Waals surface area contributed by atoms with Gasteiger partial charge in [-0.1, -0.05) is 23.7 Å². The van der Waals surface area contributed by atoms with Crippen molar-refractivity contribution in [1.82, 2.24) is 14.4 Å². The van der Waals surface area contributed by atoms with Crippen molar-refractivity contribution >= 4 is 34.1 Å². The van der Waals surface area contributed by atoms with Gasteiger partial charge in [-0.2, -0.15) is 0 Å². The fourth-order valence-corrected chi connectivity index (χ4v) is 6.87. The fraction of sp³-hybridized carbons (Fsp3) is 0.467. The largest absolute Gasteiger partial charge is 0.393 e. The van der Waals surface area contributed by atoms with Crippen LogP contribution in [0.2, 0.25) is 5.02 Å². The monoisotopic (exact) mass is 518 g/mol. The maximum atomic E-state index is 13.9. The number of benzene rings is 2. The number of aryl methyl sites for hydroxylation is 1. The summed E-state index contributed by atoms with van der Waals surface area (Å²) in [7, 11) is 2.11. The highest BCUT2D eigenvalue weighted by atomic mass is 35.5. The van der Waals surface area contributed by atoms with Gasteiger partial charge in [-0.3, -0.25) is 14.7 Å². The maximum absolute atomic E-state index is 13.9. The average Bonchev–Trinajstić information content (AvgIpc) is 3.49. The molecule has 6 rings (SSSR count). The predicted octanol–water partition coefficient (Wildman–Crippen LogP) is 5.04. The Morgan fingerprint density at radius 1 is 1.08 bits per heavy atom. The summed E-state index contributed by atoms with van der Waals surface area (Å²) in [5, 5.41) is 11.9. The van der Waals surface area contributed by atoms with E-state index in [0.29, 0.717) is 23.7 Å². The van der Waals surface area contributed by atoms with Gasteiger partial charge in [0.2, 0.25) is 0 Å². The molecular formula is C30H35ClN4O2. The molecule has 6 nitrogen and oxygen atoms in total. The number of rotatable bonds is 7. The lowest BCUT2D eigenvalue weighted by molar-refractivity contribution is 0.0344. The highest BCUT2D eigenvalue weighted by Crippen LogP contribution is 2.37. The highest BCUT2D eigenvalue weighted by molar-refractivity contribution is 6.30. The number of aromatic nitrogens is 1. The number of halogens is 1. The van der Waals surface area contributed by atoms with Crippen molar-refractivity contribution in [1.29, 1.82) is 0 Å². The van der Waals surface area contributed by atoms with Crippen molar-refractivity contribution in [3.05, 3.63) is 64.3 Å². The normalized spacial score (nSPS) is 23.7. The number of aliphatic hydroxyl groups excluding tert-OH is 1. The van der Waals surface area contributed by atoms with E-state index in [1.54, 1.807) is 0 Å². The summed E-state index contributed by atoms with van der Waals surface area (Å²) in [6, 6.07) is 15.0. The van der Waals surface area contributed by atoms with Gasteiger partial charge >= 0.3 is 0 Å². The van der Waals surface area contributed by atoms with Gasteiger partial charge in [0.25, 0.3) is 0 Å². The lowest BCUT2D eigenvalue weighted by Gasteiger charge is -2.36. The first-order valence-electron chi connectivity index (χ1n) is 13.5. The van der Waals surface area contributed by atoms with Crippen LogP contribution in [0.4, 0.5) is 0 Å². The quantitative estimate of drug-likeness (QED) is 0.445. The van der Waals surface area contributed by atoms with E-state index in [-0.39, 0.29) is 11.9 Å². The molecule has 0 radical (unpaired) electrons. The van der Waals surface area contributed by atoms with Crippen LogP contribution in [0.1, 0.15) is 53.7 Å². The van der Waals surface area contributed by atoms with Gasteiger partial charge in [0.05, 0.1) is 30.5 Å². The summed E-state index contributed by atoms with van der Waals surface area (Å²) in [5.41, 5.74) is 5.07. The van der Waals surface area contributed by atoms with E-state index >= 15 is 0 Å². The van der Waals surface area contributed by atoms with E-state index in [1.807, 2.05) is 24.3 Å². The van der Waals surface area contributed by atoms with Gasteiger partial charge < -0.3 is 14.6 Å². The van der Waals surface area contributed by atoms with Crippen molar-refractivity contribution in [2.45, 2.75) is 63.6 Å². The SMILES string of the molecule is Cc1c(C(=O)CN2C3CCC2CC(O)C3)c2ccc(CCC3=NCCN3C)cc2n1-c1ccc(Cl)cc1. The first kappa shape index (κ1) is 24.7. The van der Waals surface area contributed by atoms with Gasteiger partial charge in [-0.25, -0.2) is 0 Å². The Balaban J connectivity index is 1.36. The first-order chi connectivity index (χ1) is 17.9. The molecule has 2 aromatic carbocycles. The molecule has 3 aromatic rings. The molecule has 0 spiro atoms. The second kappa shape index (κ2) is 9.90. The molecule has 4 heterocycles. The molecule has 194 valence electrons. The number of amidine groups is 1. The van der Waals surface area contributed by atoms with Crippen LogP contribution in [0.15, 0.2) is 47.5 Å². The molecule has 3 aliphatic heterocycles. The lowest BCUT2D eigenvalue weighted by Crippen LogP contribution is -2.46. The van der Waals surface area contributed by atoms with Crippen LogP contribution in [0.25, 0.3) is 16.6 Å². The van der Waals surface area contributed by atoms with Crippen LogP contribution < -0.4 is 0 Å². The zero-order valence-electron chi connectivity index (χ0n) is 21.7. The third kappa shape index (κ3) is 4.60. The van der Waals surface area contributed by atoms with Crippen molar-refractivity contribution in [2.24, 2.45) is 4.99 Å². The van der Waals surface area contributed by atoms with E-state index in [9.17, 15) is 9.90 Å². The van der Waals surface area contributed by atoms with E-state index in [0.717, 1.165) is 79.5 Å². The molecule has 7 heteroatoms. The molecule has 0 saturated carbocycles. The van der Waals surface area contributed by atoms with Crippen LogP contribution in [0, 0.1) is 6.92 Å². The molecule has 2 unspecified atom stereocenters. The van der Waals surface area contributed by atoms with E-state index in [4.69, 9.17) is 11.6 Å². The van der Waals surface area contributed by atoms with Crippen LogP contribution in [-0.2, 0) is 6.42 Å². The van der Waals surface area contributed by atoms with E-state index < -0.39 is 0 Å². The average molecular weight is 519 g/mol. The Bertz CT molecular complexity index is 1350. The number of fused-ring (bicyclic) bond motifs is 3. The molecule has 2 saturated heterocycles. The van der Waals surface area contributed by atoms with Crippen molar-refractivity contribution in [3.8, 4) is 5.69 Å². The molecule has 2 atom stereocenters. The molecule has 0 aliphatic carbocycles. The third-order valence-electron chi connectivity index (χ3n) is 8.63.